The maximum atomic E-state index is 14.0. The van der Waals surface area contributed by atoms with E-state index in [4.69, 9.17) is 13.8 Å². The molecule has 4 rings (SSSR count). The molecule has 42 heavy (non-hydrogen) atoms. The molecule has 1 spiro atoms. The number of pyridine rings is 1. The Morgan fingerprint density at radius 3 is 2.48 bits per heavy atom. The lowest BCUT2D eigenvalue weighted by molar-refractivity contribution is 0.0223. The number of aromatic nitrogens is 1. The van der Waals surface area contributed by atoms with E-state index < -0.39 is 54.2 Å². The Kier molecular flexibility index (Phi) is 11.8. The number of amides is 2. The molecule has 1 atom stereocenters. The van der Waals surface area contributed by atoms with Crippen molar-refractivity contribution in [3.63, 3.8) is 0 Å². The Labute approximate surface area is 245 Å². The van der Waals surface area contributed by atoms with Crippen molar-refractivity contribution in [2.24, 2.45) is 0 Å². The topological polar surface area (TPSA) is 123 Å². The second kappa shape index (κ2) is 14.9. The van der Waals surface area contributed by atoms with E-state index in [-0.39, 0.29) is 24.4 Å². The van der Waals surface area contributed by atoms with E-state index in [2.05, 4.69) is 5.32 Å². The first kappa shape index (κ1) is 33.4. The van der Waals surface area contributed by atoms with Crippen LogP contribution < -0.4 is 15.8 Å². The second-order valence-electron chi connectivity index (χ2n) is 9.34. The summed E-state index contributed by atoms with van der Waals surface area (Å²) < 4.78 is 45.5. The highest BCUT2D eigenvalue weighted by Gasteiger charge is 2.52. The van der Waals surface area contributed by atoms with Crippen LogP contribution in [-0.2, 0) is 20.3 Å². The van der Waals surface area contributed by atoms with E-state index in [0.717, 1.165) is 6.07 Å². The average Bonchev–Trinajstić information content (AvgIpc) is 3.46. The van der Waals surface area contributed by atoms with Crippen LogP contribution in [-0.4, -0.2) is 78.3 Å². The fourth-order valence-electron chi connectivity index (χ4n) is 4.95. The van der Waals surface area contributed by atoms with Gasteiger partial charge in [-0.2, -0.15) is 0 Å². The molecule has 14 heteroatoms. The molecule has 1 aromatic carbocycles. The van der Waals surface area contributed by atoms with Gasteiger partial charge in [0.2, 0.25) is 5.43 Å². The number of rotatable bonds is 11. The minimum atomic E-state index is -1.11. The zero-order valence-corrected chi connectivity index (χ0v) is 25.5. The zero-order valence-electron chi connectivity index (χ0n) is 24.6. The summed E-state index contributed by atoms with van der Waals surface area (Å²) in [5.74, 6) is -3.95. The Balaban J connectivity index is 0.00000237. The molecule has 2 aromatic rings. The maximum Gasteiger partial charge on any atom is 0.278 e. The molecular weight excluding hydrogens is 573 g/mol. The first-order chi connectivity index (χ1) is 20.1. The third-order valence-electron chi connectivity index (χ3n) is 6.99. The van der Waals surface area contributed by atoms with Crippen LogP contribution in [0, 0.1) is 11.6 Å². The fourth-order valence-corrected chi connectivity index (χ4v) is 6.26. The smallest absolute Gasteiger partial charge is 0.278 e. The molecule has 0 radical (unpaired) electrons. The monoisotopic (exact) mass is 612 g/mol. The minimum absolute atomic E-state index is 0.0133. The largest absolute Gasteiger partial charge is 0.502 e. The molecular formula is C28H39F2N4O7P. The van der Waals surface area contributed by atoms with Gasteiger partial charge in [0.1, 0.15) is 17.2 Å². The SMILES string of the molecule is CC.CCOP(CCCN1C(=O)c2c(O)c(=O)c(C(=O)NCc3ccc(F)cc3F)cn2N(C)C12CCOC2)OCC. The Bertz CT molecular complexity index is 1310. The van der Waals surface area contributed by atoms with Crippen LogP contribution in [0.2, 0.25) is 0 Å². The molecule has 0 saturated carbocycles. The highest BCUT2D eigenvalue weighted by molar-refractivity contribution is 7.47. The van der Waals surface area contributed by atoms with E-state index in [1.54, 1.807) is 17.0 Å². The number of hydrogen-bond donors (Lipinski definition) is 2. The number of halogens is 2. The normalized spacial score (nSPS) is 17.9. The minimum Gasteiger partial charge on any atom is -0.502 e. The zero-order chi connectivity index (χ0) is 31.0. The third kappa shape index (κ3) is 6.75. The van der Waals surface area contributed by atoms with Crippen molar-refractivity contribution in [1.29, 1.82) is 0 Å². The molecule has 3 heterocycles. The average molecular weight is 613 g/mol. The lowest BCUT2D eigenvalue weighted by atomic mass is 10.0. The van der Waals surface area contributed by atoms with Crippen LogP contribution in [0.5, 0.6) is 5.75 Å². The summed E-state index contributed by atoms with van der Waals surface area (Å²) in [6.07, 6.45) is 2.79. The van der Waals surface area contributed by atoms with Crippen molar-refractivity contribution in [3.8, 4) is 5.75 Å². The van der Waals surface area contributed by atoms with Gasteiger partial charge < -0.3 is 29.1 Å². The fraction of sp³-hybridized carbons (Fsp3) is 0.536. The predicted octanol–water partition coefficient (Wildman–Crippen LogP) is 3.70. The van der Waals surface area contributed by atoms with E-state index in [0.29, 0.717) is 51.4 Å². The molecule has 2 aliphatic heterocycles. The number of aromatic hydroxyl groups is 1. The maximum absolute atomic E-state index is 14.0. The number of nitrogens with one attached hydrogen (secondary N) is 1. The molecule has 1 fully saturated rings. The summed E-state index contributed by atoms with van der Waals surface area (Å²) in [6, 6.07) is 2.92. The van der Waals surface area contributed by atoms with Gasteiger partial charge in [0.05, 0.1) is 26.4 Å². The van der Waals surface area contributed by atoms with Crippen molar-refractivity contribution >= 4 is 20.2 Å². The Morgan fingerprint density at radius 1 is 1.19 bits per heavy atom. The molecule has 1 saturated heterocycles. The molecule has 11 nitrogen and oxygen atoms in total. The predicted molar refractivity (Wildman–Crippen MR) is 154 cm³/mol. The van der Waals surface area contributed by atoms with Crippen molar-refractivity contribution in [3.05, 3.63) is 63.1 Å². The van der Waals surface area contributed by atoms with Crippen molar-refractivity contribution in [2.75, 3.05) is 51.2 Å². The van der Waals surface area contributed by atoms with E-state index >= 15 is 0 Å². The van der Waals surface area contributed by atoms with Crippen LogP contribution in [0.3, 0.4) is 0 Å². The van der Waals surface area contributed by atoms with E-state index in [1.165, 1.54) is 16.9 Å². The molecule has 2 aliphatic rings. The van der Waals surface area contributed by atoms with Gasteiger partial charge in [-0.25, -0.2) is 8.78 Å². The number of benzene rings is 1. The molecule has 2 N–H and O–H groups in total. The first-order valence-corrected chi connectivity index (χ1v) is 15.4. The number of fused-ring (bicyclic) bond motifs is 1. The quantitative estimate of drug-likeness (QED) is 0.369. The third-order valence-corrected chi connectivity index (χ3v) is 8.76. The van der Waals surface area contributed by atoms with Gasteiger partial charge in [0.25, 0.3) is 11.8 Å². The van der Waals surface area contributed by atoms with Crippen LogP contribution in [0.15, 0.2) is 29.2 Å². The van der Waals surface area contributed by atoms with E-state index in [9.17, 15) is 28.3 Å². The number of likely N-dealkylation sites (N-methyl/N-ethyl adjacent to an activating group) is 1. The van der Waals surface area contributed by atoms with Gasteiger partial charge in [-0.15, -0.1) is 0 Å². The first-order valence-electron chi connectivity index (χ1n) is 14.0. The number of carbonyl (C=O) groups excluding carboxylic acids is 2. The van der Waals surface area contributed by atoms with Crippen LogP contribution in [0.1, 0.15) is 66.9 Å². The molecule has 0 aliphatic carbocycles. The highest BCUT2D eigenvalue weighted by Crippen LogP contribution is 2.40. The van der Waals surface area contributed by atoms with Gasteiger partial charge in [-0.3, -0.25) is 24.1 Å². The molecule has 1 unspecified atom stereocenters. The van der Waals surface area contributed by atoms with Gasteiger partial charge in [-0.1, -0.05) is 19.9 Å². The van der Waals surface area contributed by atoms with Gasteiger partial charge in [0.15, 0.2) is 25.5 Å². The summed E-state index contributed by atoms with van der Waals surface area (Å²) in [4.78, 5) is 41.3. The standard InChI is InChI=1S/C26H33F2N4O7P.C2H6/c1-4-38-40(39-5-2)12-6-10-31-25(36)21-23(34)22(33)19(15-32(21)30(3)26(31)9-11-37-16-26)24(35)29-14-17-7-8-18(27)13-20(17)28;1-2/h7-8,13,15,34H,4-6,9-12,14,16H2,1-3H3,(H,29,35);1-2H3. The summed E-state index contributed by atoms with van der Waals surface area (Å²) in [6.45, 7) is 9.33. The summed E-state index contributed by atoms with van der Waals surface area (Å²) in [5.41, 5.74) is -2.66. The molecule has 232 valence electrons. The van der Waals surface area contributed by atoms with Crippen LogP contribution in [0.4, 0.5) is 8.78 Å². The summed E-state index contributed by atoms with van der Waals surface area (Å²) in [5, 5.41) is 15.0. The second-order valence-corrected chi connectivity index (χ2v) is 11.0. The lowest BCUT2D eigenvalue weighted by Crippen LogP contribution is -2.70. The summed E-state index contributed by atoms with van der Waals surface area (Å²) in [7, 11) is 0.574. The Morgan fingerprint density at radius 2 is 1.88 bits per heavy atom. The van der Waals surface area contributed by atoms with Gasteiger partial charge >= 0.3 is 0 Å². The molecule has 0 bridgehead atoms. The lowest BCUT2D eigenvalue weighted by Gasteiger charge is -2.52. The van der Waals surface area contributed by atoms with Crippen molar-refractivity contribution in [2.45, 2.75) is 52.7 Å². The van der Waals surface area contributed by atoms with E-state index in [1.807, 2.05) is 27.7 Å². The Hall–Kier alpha value is -3.12. The van der Waals surface area contributed by atoms with Gasteiger partial charge in [0, 0.05) is 50.5 Å². The van der Waals surface area contributed by atoms with Crippen LogP contribution in [0.25, 0.3) is 0 Å². The molecule has 1 aromatic heterocycles. The highest BCUT2D eigenvalue weighted by atomic mass is 31.2. The van der Waals surface area contributed by atoms with Crippen molar-refractivity contribution < 1.29 is 37.3 Å². The van der Waals surface area contributed by atoms with Crippen molar-refractivity contribution in [1.82, 2.24) is 14.9 Å². The number of ether oxygens (including phenoxy) is 1. The number of carbonyl (C=O) groups is 2. The number of hydrogen-bond acceptors (Lipinski definition) is 8. The number of nitrogens with zero attached hydrogens (tertiary/aromatic N) is 3. The molecule has 2 amide bonds. The van der Waals surface area contributed by atoms with Gasteiger partial charge in [-0.05, 0) is 26.3 Å². The summed E-state index contributed by atoms with van der Waals surface area (Å²) >= 11 is 0. The van der Waals surface area contributed by atoms with Crippen LogP contribution >= 0.6 is 8.38 Å².